The first-order chi connectivity index (χ1) is 12.2. The maximum absolute atomic E-state index is 12.5. The first-order valence-electron chi connectivity index (χ1n) is 8.41. The molecule has 0 saturated carbocycles. The van der Waals surface area contributed by atoms with Crippen molar-refractivity contribution in [3.8, 4) is 11.5 Å². The molecule has 1 aromatic heterocycles. The number of ether oxygens (including phenoxy) is 2. The second-order valence-corrected chi connectivity index (χ2v) is 6.61. The van der Waals surface area contributed by atoms with Crippen LogP contribution < -0.4 is 4.74 Å². The Kier molecular flexibility index (Phi) is 4.05. The minimum Gasteiger partial charge on any atom is -0.508 e. The van der Waals surface area contributed by atoms with E-state index in [2.05, 4.69) is 4.98 Å². The van der Waals surface area contributed by atoms with Crippen molar-refractivity contribution < 1.29 is 19.4 Å². The van der Waals surface area contributed by atoms with Gasteiger partial charge in [-0.15, -0.1) is 0 Å². The lowest BCUT2D eigenvalue weighted by atomic mass is 9.81. The highest BCUT2D eigenvalue weighted by Gasteiger charge is 2.54. The normalized spacial score (nSPS) is 21.1. The minimum absolute atomic E-state index is 0.0797. The van der Waals surface area contributed by atoms with Gasteiger partial charge in [-0.2, -0.15) is 0 Å². The van der Waals surface area contributed by atoms with Crippen molar-refractivity contribution in [2.75, 3.05) is 26.3 Å². The highest BCUT2D eigenvalue weighted by Crippen LogP contribution is 2.40. The Hall–Kier alpha value is -2.60. The number of pyridine rings is 1. The molecule has 0 aliphatic carbocycles. The number of benzene rings is 1. The van der Waals surface area contributed by atoms with Crippen LogP contribution in [0.5, 0.6) is 11.5 Å². The van der Waals surface area contributed by atoms with E-state index in [4.69, 9.17) is 9.47 Å². The fraction of sp³-hybridized carbons (Fsp3) is 0.368. The van der Waals surface area contributed by atoms with Crippen molar-refractivity contribution in [1.29, 1.82) is 0 Å². The molecule has 2 aliphatic heterocycles. The van der Waals surface area contributed by atoms with Gasteiger partial charge in [0.15, 0.2) is 0 Å². The molecule has 2 aromatic rings. The van der Waals surface area contributed by atoms with E-state index in [1.54, 1.807) is 35.5 Å². The van der Waals surface area contributed by atoms with Crippen LogP contribution in [0.15, 0.2) is 48.8 Å². The number of phenolic OH excluding ortho intramolecular Hbond substituents is 1. The fourth-order valence-electron chi connectivity index (χ4n) is 3.56. The average molecular weight is 340 g/mol. The van der Waals surface area contributed by atoms with E-state index in [0.717, 1.165) is 12.2 Å². The lowest BCUT2D eigenvalue weighted by molar-refractivity contribution is -0.122. The quantitative estimate of drug-likeness (QED) is 0.923. The Morgan fingerprint density at radius 3 is 3.00 bits per heavy atom. The second kappa shape index (κ2) is 6.37. The van der Waals surface area contributed by atoms with Gasteiger partial charge in [0, 0.05) is 24.3 Å². The Balaban J connectivity index is 1.38. The van der Waals surface area contributed by atoms with Gasteiger partial charge in [0.1, 0.15) is 17.1 Å². The summed E-state index contributed by atoms with van der Waals surface area (Å²) in [6, 6.07) is 10.2. The number of aromatic hydroxyl groups is 1. The van der Waals surface area contributed by atoms with Gasteiger partial charge in [0.2, 0.25) is 0 Å². The molecule has 4 rings (SSSR count). The van der Waals surface area contributed by atoms with E-state index < -0.39 is 0 Å². The lowest BCUT2D eigenvalue weighted by Crippen LogP contribution is -2.66. The van der Waals surface area contributed by atoms with Crippen molar-refractivity contribution >= 4 is 5.91 Å². The molecule has 6 heteroatoms. The van der Waals surface area contributed by atoms with Crippen LogP contribution in [-0.4, -0.2) is 52.8 Å². The van der Waals surface area contributed by atoms with Crippen molar-refractivity contribution in [1.82, 2.24) is 9.88 Å². The van der Waals surface area contributed by atoms with Gasteiger partial charge in [-0.3, -0.25) is 9.78 Å². The summed E-state index contributed by atoms with van der Waals surface area (Å²) in [7, 11) is 0. The largest absolute Gasteiger partial charge is 0.508 e. The van der Waals surface area contributed by atoms with Crippen molar-refractivity contribution in [3.05, 3.63) is 54.4 Å². The summed E-state index contributed by atoms with van der Waals surface area (Å²) in [4.78, 5) is 18.3. The number of nitrogens with zero attached hydrogens (tertiary/aromatic N) is 2. The van der Waals surface area contributed by atoms with Gasteiger partial charge in [-0.25, -0.2) is 0 Å². The number of phenols is 1. The smallest absolute Gasteiger partial charge is 0.254 e. The number of hydrogen-bond donors (Lipinski definition) is 1. The molecule has 1 amide bonds. The van der Waals surface area contributed by atoms with Crippen LogP contribution in [0.4, 0.5) is 0 Å². The number of likely N-dealkylation sites (tertiary alicyclic amines) is 1. The van der Waals surface area contributed by atoms with E-state index in [1.807, 2.05) is 12.1 Å². The van der Waals surface area contributed by atoms with Crippen LogP contribution in [0.2, 0.25) is 0 Å². The number of aromatic nitrogens is 1. The zero-order chi connectivity index (χ0) is 17.3. The van der Waals surface area contributed by atoms with Gasteiger partial charge in [-0.1, -0.05) is 6.07 Å². The SMILES string of the molecule is O=C(c1cccc(O)c1)N1CC2(C1)OCC[C@@H]2COc1cccnc1. The molecule has 2 fully saturated rings. The Bertz CT molecular complexity index is 759. The number of hydrogen-bond acceptors (Lipinski definition) is 5. The van der Waals surface area contributed by atoms with Crippen molar-refractivity contribution in [2.24, 2.45) is 5.92 Å². The third kappa shape index (κ3) is 3.05. The predicted octanol–water partition coefficient (Wildman–Crippen LogP) is 2.10. The Morgan fingerprint density at radius 1 is 1.36 bits per heavy atom. The average Bonchev–Trinajstić information content (AvgIpc) is 3.03. The van der Waals surface area contributed by atoms with Gasteiger partial charge < -0.3 is 19.5 Å². The van der Waals surface area contributed by atoms with E-state index >= 15 is 0 Å². The van der Waals surface area contributed by atoms with Crippen LogP contribution in [0.1, 0.15) is 16.8 Å². The molecule has 0 bridgehead atoms. The summed E-state index contributed by atoms with van der Waals surface area (Å²) in [6.07, 6.45) is 4.33. The van der Waals surface area contributed by atoms with Crippen LogP contribution in [-0.2, 0) is 4.74 Å². The molecule has 3 heterocycles. The maximum Gasteiger partial charge on any atom is 0.254 e. The summed E-state index contributed by atoms with van der Waals surface area (Å²) < 4.78 is 11.8. The molecule has 1 aromatic carbocycles. The molecule has 0 unspecified atom stereocenters. The number of carbonyl (C=O) groups is 1. The lowest BCUT2D eigenvalue weighted by Gasteiger charge is -2.50. The van der Waals surface area contributed by atoms with Crippen LogP contribution in [0, 0.1) is 5.92 Å². The summed E-state index contributed by atoms with van der Waals surface area (Å²) in [5.41, 5.74) is 0.185. The molecule has 130 valence electrons. The van der Waals surface area contributed by atoms with Crippen LogP contribution in [0.3, 0.4) is 0 Å². The van der Waals surface area contributed by atoms with Crippen molar-refractivity contribution in [3.63, 3.8) is 0 Å². The van der Waals surface area contributed by atoms with Crippen LogP contribution in [0.25, 0.3) is 0 Å². The summed E-state index contributed by atoms with van der Waals surface area (Å²) >= 11 is 0. The molecule has 1 atom stereocenters. The monoisotopic (exact) mass is 340 g/mol. The van der Waals surface area contributed by atoms with Gasteiger partial charge in [0.05, 0.1) is 25.9 Å². The fourth-order valence-corrected chi connectivity index (χ4v) is 3.56. The van der Waals surface area contributed by atoms with E-state index in [-0.39, 0.29) is 23.2 Å². The Labute approximate surface area is 146 Å². The molecule has 25 heavy (non-hydrogen) atoms. The van der Waals surface area contributed by atoms with Gasteiger partial charge in [-0.05, 0) is 36.8 Å². The molecule has 0 radical (unpaired) electrons. The zero-order valence-corrected chi connectivity index (χ0v) is 13.8. The molecule has 6 nitrogen and oxygen atoms in total. The highest BCUT2D eigenvalue weighted by atomic mass is 16.5. The molecule has 1 N–H and O–H groups in total. The minimum atomic E-state index is -0.311. The molecular formula is C19H20N2O4. The first kappa shape index (κ1) is 15.9. The molecule has 2 aliphatic rings. The second-order valence-electron chi connectivity index (χ2n) is 6.61. The number of carbonyl (C=O) groups excluding carboxylic acids is 1. The predicted molar refractivity (Wildman–Crippen MR) is 90.5 cm³/mol. The topological polar surface area (TPSA) is 71.9 Å². The Morgan fingerprint density at radius 2 is 2.24 bits per heavy atom. The van der Waals surface area contributed by atoms with Gasteiger partial charge in [0.25, 0.3) is 5.91 Å². The highest BCUT2D eigenvalue weighted by molar-refractivity contribution is 5.95. The summed E-state index contributed by atoms with van der Waals surface area (Å²) in [5.74, 6) is 1.02. The standard InChI is InChI=1S/C19H20N2O4/c22-16-4-1-3-14(9-16)18(23)21-12-19(13-21)15(6-8-25-19)11-24-17-5-2-7-20-10-17/h1-5,7,9-10,15,22H,6,8,11-13H2/t15-/m1/s1. The molecule has 2 saturated heterocycles. The third-order valence-electron chi connectivity index (χ3n) is 4.98. The summed E-state index contributed by atoms with van der Waals surface area (Å²) in [5, 5.41) is 9.54. The molecule has 1 spiro atoms. The van der Waals surface area contributed by atoms with Gasteiger partial charge >= 0.3 is 0 Å². The van der Waals surface area contributed by atoms with Crippen LogP contribution >= 0.6 is 0 Å². The maximum atomic E-state index is 12.5. The van der Waals surface area contributed by atoms with Crippen molar-refractivity contribution in [2.45, 2.75) is 12.0 Å². The third-order valence-corrected chi connectivity index (χ3v) is 4.98. The number of rotatable bonds is 4. The summed E-state index contributed by atoms with van der Waals surface area (Å²) in [6.45, 7) is 2.36. The van der Waals surface area contributed by atoms with E-state index in [1.165, 1.54) is 6.07 Å². The number of amides is 1. The molecular weight excluding hydrogens is 320 g/mol. The first-order valence-corrected chi connectivity index (χ1v) is 8.41. The zero-order valence-electron chi connectivity index (χ0n) is 13.8. The van der Waals surface area contributed by atoms with E-state index in [0.29, 0.717) is 31.9 Å². The van der Waals surface area contributed by atoms with E-state index in [9.17, 15) is 9.90 Å².